The first kappa shape index (κ1) is 16.5. The molecule has 22 heavy (non-hydrogen) atoms. The number of pyridine rings is 2. The summed E-state index contributed by atoms with van der Waals surface area (Å²) < 4.78 is 5.99. The lowest BCUT2D eigenvalue weighted by Gasteiger charge is -2.13. The van der Waals surface area contributed by atoms with Gasteiger partial charge in [-0.2, -0.15) is 0 Å². The highest BCUT2D eigenvalue weighted by Crippen LogP contribution is 2.19. The van der Waals surface area contributed by atoms with Crippen molar-refractivity contribution in [2.75, 3.05) is 20.1 Å². The molecule has 0 radical (unpaired) electrons. The molecule has 0 aliphatic carbocycles. The number of likely N-dealkylation sites (tertiary alicyclic amines) is 1. The van der Waals surface area contributed by atoms with Gasteiger partial charge in [0.1, 0.15) is 11.9 Å². The van der Waals surface area contributed by atoms with E-state index in [0.717, 1.165) is 36.4 Å². The fraction of sp³-hybridized carbons (Fsp3) is 0.294. The molecule has 1 fully saturated rings. The van der Waals surface area contributed by atoms with Gasteiger partial charge in [-0.3, -0.25) is 9.97 Å². The molecule has 3 heterocycles. The van der Waals surface area contributed by atoms with E-state index in [0.29, 0.717) is 0 Å². The van der Waals surface area contributed by atoms with Gasteiger partial charge in [0.25, 0.3) is 0 Å². The van der Waals surface area contributed by atoms with Crippen molar-refractivity contribution >= 4 is 24.6 Å². The molecule has 1 aliphatic rings. The second-order valence-electron chi connectivity index (χ2n) is 5.36. The van der Waals surface area contributed by atoms with Crippen molar-refractivity contribution in [1.82, 2.24) is 14.9 Å². The first-order valence-corrected chi connectivity index (χ1v) is 7.18. The van der Waals surface area contributed by atoms with E-state index in [1.807, 2.05) is 36.5 Å². The molecule has 0 aromatic carbocycles. The number of rotatable bonds is 4. The van der Waals surface area contributed by atoms with E-state index in [9.17, 15) is 0 Å². The molecule has 5 heteroatoms. The van der Waals surface area contributed by atoms with Gasteiger partial charge >= 0.3 is 0 Å². The molecule has 0 saturated carbocycles. The Balaban J connectivity index is 0.00000176. The second-order valence-corrected chi connectivity index (χ2v) is 5.36. The highest BCUT2D eigenvalue weighted by atomic mass is 35.5. The Morgan fingerprint density at radius 2 is 1.91 bits per heavy atom. The van der Waals surface area contributed by atoms with Gasteiger partial charge in [-0.05, 0) is 42.8 Å². The van der Waals surface area contributed by atoms with Crippen LogP contribution in [0.2, 0.25) is 0 Å². The van der Waals surface area contributed by atoms with E-state index in [1.165, 1.54) is 0 Å². The quantitative estimate of drug-likeness (QED) is 0.868. The molecule has 116 valence electrons. The molecule has 0 bridgehead atoms. The predicted molar refractivity (Wildman–Crippen MR) is 91.2 cm³/mol. The van der Waals surface area contributed by atoms with Crippen LogP contribution in [0.25, 0.3) is 12.2 Å². The van der Waals surface area contributed by atoms with Gasteiger partial charge in [0, 0.05) is 31.7 Å². The second kappa shape index (κ2) is 7.92. The van der Waals surface area contributed by atoms with Crippen LogP contribution in [-0.4, -0.2) is 41.1 Å². The van der Waals surface area contributed by atoms with E-state index in [1.54, 1.807) is 18.6 Å². The van der Waals surface area contributed by atoms with Crippen LogP contribution in [-0.2, 0) is 0 Å². The lowest BCUT2D eigenvalue weighted by Crippen LogP contribution is -2.21. The maximum atomic E-state index is 5.99. The molecule has 2 aromatic heterocycles. The fourth-order valence-electron chi connectivity index (χ4n) is 2.44. The molecule has 0 N–H and O–H groups in total. The van der Waals surface area contributed by atoms with Gasteiger partial charge in [0.05, 0.1) is 6.20 Å². The molecular formula is C17H20ClN3O. The lowest BCUT2D eigenvalue weighted by atomic mass is 10.2. The molecule has 1 aliphatic heterocycles. The van der Waals surface area contributed by atoms with Crippen molar-refractivity contribution in [3.05, 3.63) is 54.1 Å². The summed E-state index contributed by atoms with van der Waals surface area (Å²) in [6.45, 7) is 2.08. The smallest absolute Gasteiger partial charge is 0.138 e. The molecule has 3 rings (SSSR count). The summed E-state index contributed by atoms with van der Waals surface area (Å²) in [6.07, 6.45) is 12.6. The maximum absolute atomic E-state index is 5.99. The third kappa shape index (κ3) is 4.55. The van der Waals surface area contributed by atoms with Crippen molar-refractivity contribution in [2.45, 2.75) is 12.5 Å². The number of halogens is 1. The number of aromatic nitrogens is 2. The molecule has 4 nitrogen and oxygen atoms in total. The summed E-state index contributed by atoms with van der Waals surface area (Å²) in [5, 5.41) is 0. The average molecular weight is 318 g/mol. The number of hydrogen-bond acceptors (Lipinski definition) is 4. The molecule has 0 amide bonds. The minimum atomic E-state index is 0. The highest BCUT2D eigenvalue weighted by Gasteiger charge is 2.20. The number of nitrogens with zero attached hydrogens (tertiary/aromatic N) is 3. The Labute approximate surface area is 137 Å². The predicted octanol–water partition coefficient (Wildman–Crippen LogP) is 3.15. The Kier molecular flexibility index (Phi) is 5.92. The van der Waals surface area contributed by atoms with Crippen molar-refractivity contribution in [3.63, 3.8) is 0 Å². The Bertz CT molecular complexity index is 618. The number of hydrogen-bond donors (Lipinski definition) is 0. The monoisotopic (exact) mass is 317 g/mol. The average Bonchev–Trinajstić information content (AvgIpc) is 2.92. The van der Waals surface area contributed by atoms with Crippen LogP contribution in [0.4, 0.5) is 0 Å². The summed E-state index contributed by atoms with van der Waals surface area (Å²) in [5.74, 6) is 0.840. The van der Waals surface area contributed by atoms with Crippen LogP contribution in [0.3, 0.4) is 0 Å². The van der Waals surface area contributed by atoms with Crippen LogP contribution in [0, 0.1) is 0 Å². The SMILES string of the molecule is CN1CC[C@H](Oc2cncc(C=Cc3ccncc3)c2)C1.Cl. The molecule has 2 aromatic rings. The summed E-state index contributed by atoms with van der Waals surface area (Å²) in [4.78, 5) is 10.5. The van der Waals surface area contributed by atoms with Gasteiger partial charge < -0.3 is 9.64 Å². The Hall–Kier alpha value is -1.91. The topological polar surface area (TPSA) is 38.2 Å². The van der Waals surface area contributed by atoms with E-state index in [-0.39, 0.29) is 18.5 Å². The van der Waals surface area contributed by atoms with Gasteiger partial charge in [0.2, 0.25) is 0 Å². The van der Waals surface area contributed by atoms with Gasteiger partial charge in [-0.1, -0.05) is 12.2 Å². The molecule has 0 spiro atoms. The largest absolute Gasteiger partial charge is 0.487 e. The summed E-state index contributed by atoms with van der Waals surface area (Å²) in [7, 11) is 2.12. The standard InChI is InChI=1S/C17H19N3O.ClH/c1-20-9-6-16(13-20)21-17-10-15(11-19-12-17)3-2-14-4-7-18-8-5-14;/h2-5,7-8,10-12,16H,6,9,13H2,1H3;1H/t16-;/m0./s1. The first-order valence-electron chi connectivity index (χ1n) is 7.18. The Morgan fingerprint density at radius 1 is 1.14 bits per heavy atom. The van der Waals surface area contributed by atoms with Gasteiger partial charge in [0.15, 0.2) is 0 Å². The molecule has 1 saturated heterocycles. The van der Waals surface area contributed by atoms with E-state index >= 15 is 0 Å². The highest BCUT2D eigenvalue weighted by molar-refractivity contribution is 5.85. The van der Waals surface area contributed by atoms with E-state index in [2.05, 4.69) is 21.9 Å². The van der Waals surface area contributed by atoms with Crippen LogP contribution in [0.5, 0.6) is 5.75 Å². The van der Waals surface area contributed by atoms with Crippen LogP contribution in [0.1, 0.15) is 17.5 Å². The Morgan fingerprint density at radius 3 is 2.64 bits per heavy atom. The third-order valence-corrected chi connectivity index (χ3v) is 3.56. The van der Waals surface area contributed by atoms with Crippen LogP contribution < -0.4 is 4.74 Å². The van der Waals surface area contributed by atoms with Crippen molar-refractivity contribution in [1.29, 1.82) is 0 Å². The normalized spacial score (nSPS) is 18.3. The first-order chi connectivity index (χ1) is 10.3. The zero-order valence-corrected chi connectivity index (χ0v) is 13.4. The minimum absolute atomic E-state index is 0. The van der Waals surface area contributed by atoms with Crippen molar-refractivity contribution in [3.8, 4) is 5.75 Å². The third-order valence-electron chi connectivity index (χ3n) is 3.56. The van der Waals surface area contributed by atoms with Crippen LogP contribution >= 0.6 is 12.4 Å². The molecule has 0 unspecified atom stereocenters. The van der Waals surface area contributed by atoms with Gasteiger partial charge in [-0.25, -0.2) is 0 Å². The van der Waals surface area contributed by atoms with E-state index in [4.69, 9.17) is 4.74 Å². The zero-order chi connectivity index (χ0) is 14.5. The number of likely N-dealkylation sites (N-methyl/N-ethyl adjacent to an activating group) is 1. The lowest BCUT2D eigenvalue weighted by molar-refractivity contribution is 0.207. The maximum Gasteiger partial charge on any atom is 0.138 e. The summed E-state index contributed by atoms with van der Waals surface area (Å²) in [6, 6.07) is 5.97. The van der Waals surface area contributed by atoms with Crippen LogP contribution in [0.15, 0.2) is 43.0 Å². The molecule has 1 atom stereocenters. The van der Waals surface area contributed by atoms with Crippen molar-refractivity contribution in [2.24, 2.45) is 0 Å². The van der Waals surface area contributed by atoms with Crippen molar-refractivity contribution < 1.29 is 4.74 Å². The van der Waals surface area contributed by atoms with Gasteiger partial charge in [-0.15, -0.1) is 12.4 Å². The molecular weight excluding hydrogens is 298 g/mol. The van der Waals surface area contributed by atoms with E-state index < -0.39 is 0 Å². The minimum Gasteiger partial charge on any atom is -0.487 e. The summed E-state index contributed by atoms with van der Waals surface area (Å²) >= 11 is 0. The summed E-state index contributed by atoms with van der Waals surface area (Å²) in [5.41, 5.74) is 2.16. The zero-order valence-electron chi connectivity index (χ0n) is 12.6. The fourth-order valence-corrected chi connectivity index (χ4v) is 2.44. The number of ether oxygens (including phenoxy) is 1.